The highest BCUT2D eigenvalue weighted by Gasteiger charge is 2.09. The molecule has 0 amide bonds. The van der Waals surface area contributed by atoms with Gasteiger partial charge in [0.2, 0.25) is 5.13 Å². The van der Waals surface area contributed by atoms with E-state index in [1.54, 1.807) is 11.3 Å². The Hall–Kier alpha value is -1.11. The lowest BCUT2D eigenvalue weighted by Gasteiger charge is -2.04. The predicted octanol–water partition coefficient (Wildman–Crippen LogP) is 2.25. The molecule has 1 aromatic heterocycles. The Morgan fingerprint density at radius 1 is 1.29 bits per heavy atom. The number of hydrogen-bond acceptors (Lipinski definition) is 6. The molecule has 0 aliphatic carbocycles. The van der Waals surface area contributed by atoms with Crippen molar-refractivity contribution in [1.29, 1.82) is 0 Å². The Bertz CT molecular complexity index is 499. The minimum absolute atomic E-state index is 0.0442. The van der Waals surface area contributed by atoms with Gasteiger partial charge in [0.1, 0.15) is 0 Å². The second-order valence-corrected chi connectivity index (χ2v) is 5.86. The molecule has 0 saturated heterocycles. The summed E-state index contributed by atoms with van der Waals surface area (Å²) < 4.78 is 0.884. The maximum atomic E-state index is 9.24. The first-order chi connectivity index (χ1) is 8.20. The summed E-state index contributed by atoms with van der Waals surface area (Å²) in [6.07, 6.45) is 0. The molecular weight excluding hydrogens is 254 g/mol. The second-order valence-electron chi connectivity index (χ2n) is 3.61. The van der Waals surface area contributed by atoms with Crippen molar-refractivity contribution in [3.63, 3.8) is 0 Å². The number of aliphatic hydroxyl groups excluding tert-OH is 1. The first kappa shape index (κ1) is 12.3. The van der Waals surface area contributed by atoms with Crippen LogP contribution in [-0.2, 0) is 6.61 Å². The molecule has 0 spiro atoms. The van der Waals surface area contributed by atoms with Gasteiger partial charge in [-0.2, -0.15) is 0 Å². The van der Waals surface area contributed by atoms with Crippen LogP contribution in [0.1, 0.15) is 5.56 Å². The number of nitrogens with zero attached hydrogens (tertiary/aromatic N) is 3. The van der Waals surface area contributed by atoms with Gasteiger partial charge in [-0.25, -0.2) is 0 Å². The molecule has 17 heavy (non-hydrogen) atoms. The maximum Gasteiger partial charge on any atom is 0.208 e. The Balaban J connectivity index is 2.19. The van der Waals surface area contributed by atoms with Crippen molar-refractivity contribution in [2.45, 2.75) is 15.8 Å². The van der Waals surface area contributed by atoms with E-state index in [1.807, 2.05) is 43.3 Å². The Kier molecular flexibility index (Phi) is 3.98. The molecular formula is C11H13N3OS2. The molecule has 2 aromatic rings. The quantitative estimate of drug-likeness (QED) is 0.920. The SMILES string of the molecule is CN(C)c1nnc(Sc2ccccc2CO)s1. The number of aromatic nitrogens is 2. The van der Waals surface area contributed by atoms with Crippen molar-refractivity contribution in [3.8, 4) is 0 Å². The van der Waals surface area contributed by atoms with Crippen molar-refractivity contribution in [2.75, 3.05) is 19.0 Å². The minimum atomic E-state index is 0.0442. The van der Waals surface area contributed by atoms with Gasteiger partial charge in [0, 0.05) is 19.0 Å². The number of hydrogen-bond donors (Lipinski definition) is 1. The van der Waals surface area contributed by atoms with E-state index in [2.05, 4.69) is 10.2 Å². The second kappa shape index (κ2) is 5.48. The summed E-state index contributed by atoms with van der Waals surface area (Å²) in [4.78, 5) is 2.95. The van der Waals surface area contributed by atoms with E-state index >= 15 is 0 Å². The van der Waals surface area contributed by atoms with Crippen molar-refractivity contribution < 1.29 is 5.11 Å². The zero-order valence-electron chi connectivity index (χ0n) is 9.62. The molecule has 6 heteroatoms. The van der Waals surface area contributed by atoms with Gasteiger partial charge < -0.3 is 10.0 Å². The van der Waals surface area contributed by atoms with Crippen molar-refractivity contribution in [1.82, 2.24) is 10.2 Å². The third-order valence-corrected chi connectivity index (χ3v) is 4.38. The summed E-state index contributed by atoms with van der Waals surface area (Å²) in [6, 6.07) is 7.76. The predicted molar refractivity (Wildman–Crippen MR) is 70.7 cm³/mol. The summed E-state index contributed by atoms with van der Waals surface area (Å²) in [5.74, 6) is 0. The summed E-state index contributed by atoms with van der Waals surface area (Å²) >= 11 is 3.08. The fraction of sp³-hybridized carbons (Fsp3) is 0.273. The van der Waals surface area contributed by atoms with Gasteiger partial charge in [-0.1, -0.05) is 41.3 Å². The lowest BCUT2D eigenvalue weighted by molar-refractivity contribution is 0.279. The summed E-state index contributed by atoms with van der Waals surface area (Å²) in [7, 11) is 3.88. The van der Waals surface area contributed by atoms with Crippen LogP contribution in [0.3, 0.4) is 0 Å². The fourth-order valence-corrected chi connectivity index (χ4v) is 3.09. The molecule has 0 fully saturated rings. The third-order valence-electron chi connectivity index (χ3n) is 2.12. The van der Waals surface area contributed by atoms with Crippen LogP contribution in [-0.4, -0.2) is 29.4 Å². The van der Waals surface area contributed by atoms with E-state index in [0.29, 0.717) is 0 Å². The van der Waals surface area contributed by atoms with E-state index in [-0.39, 0.29) is 6.61 Å². The van der Waals surface area contributed by atoms with Crippen LogP contribution in [0, 0.1) is 0 Å². The minimum Gasteiger partial charge on any atom is -0.392 e. The Morgan fingerprint density at radius 2 is 2.06 bits per heavy atom. The van der Waals surface area contributed by atoms with Gasteiger partial charge in [0.15, 0.2) is 4.34 Å². The van der Waals surface area contributed by atoms with Gasteiger partial charge >= 0.3 is 0 Å². The Labute approximate surface area is 108 Å². The van der Waals surface area contributed by atoms with Crippen molar-refractivity contribution in [2.24, 2.45) is 0 Å². The Morgan fingerprint density at radius 3 is 2.71 bits per heavy atom. The van der Waals surface area contributed by atoms with E-state index in [9.17, 15) is 5.11 Å². The van der Waals surface area contributed by atoms with Crippen LogP contribution >= 0.6 is 23.1 Å². The molecule has 1 aromatic carbocycles. The van der Waals surface area contributed by atoms with Crippen LogP contribution in [0.2, 0.25) is 0 Å². The lowest BCUT2D eigenvalue weighted by atomic mass is 10.2. The highest BCUT2D eigenvalue weighted by atomic mass is 32.2. The van der Waals surface area contributed by atoms with Crippen LogP contribution in [0.15, 0.2) is 33.5 Å². The average Bonchev–Trinajstić information content (AvgIpc) is 2.78. The smallest absolute Gasteiger partial charge is 0.208 e. The lowest BCUT2D eigenvalue weighted by Crippen LogP contribution is -2.07. The van der Waals surface area contributed by atoms with Crippen molar-refractivity contribution >= 4 is 28.2 Å². The molecule has 0 atom stereocenters. The number of benzene rings is 1. The molecule has 1 heterocycles. The molecule has 4 nitrogen and oxygen atoms in total. The first-order valence-electron chi connectivity index (χ1n) is 5.08. The van der Waals surface area contributed by atoms with Gasteiger partial charge in [-0.3, -0.25) is 0 Å². The third kappa shape index (κ3) is 2.96. The van der Waals surface area contributed by atoms with Gasteiger partial charge in [0.05, 0.1) is 6.61 Å². The molecule has 2 rings (SSSR count). The van der Waals surface area contributed by atoms with Crippen LogP contribution in [0.25, 0.3) is 0 Å². The van der Waals surface area contributed by atoms with Gasteiger partial charge in [-0.05, 0) is 11.6 Å². The number of aliphatic hydroxyl groups is 1. The number of rotatable bonds is 4. The number of anilines is 1. The van der Waals surface area contributed by atoms with E-state index in [4.69, 9.17) is 0 Å². The highest BCUT2D eigenvalue weighted by molar-refractivity contribution is 8.01. The zero-order valence-corrected chi connectivity index (χ0v) is 11.3. The molecule has 0 aliphatic heterocycles. The topological polar surface area (TPSA) is 49.2 Å². The highest BCUT2D eigenvalue weighted by Crippen LogP contribution is 2.34. The average molecular weight is 267 g/mol. The summed E-state index contributed by atoms with van der Waals surface area (Å²) in [5, 5.41) is 18.3. The molecule has 0 saturated carbocycles. The monoisotopic (exact) mass is 267 g/mol. The molecule has 0 aliphatic rings. The normalized spacial score (nSPS) is 10.5. The van der Waals surface area contributed by atoms with Crippen LogP contribution < -0.4 is 4.90 Å². The fourth-order valence-electron chi connectivity index (χ4n) is 1.25. The van der Waals surface area contributed by atoms with E-state index in [0.717, 1.165) is 19.9 Å². The molecule has 0 bridgehead atoms. The van der Waals surface area contributed by atoms with Gasteiger partial charge in [0.25, 0.3) is 0 Å². The van der Waals surface area contributed by atoms with Crippen molar-refractivity contribution in [3.05, 3.63) is 29.8 Å². The van der Waals surface area contributed by atoms with Gasteiger partial charge in [-0.15, -0.1) is 10.2 Å². The van der Waals surface area contributed by atoms with Crippen LogP contribution in [0.4, 0.5) is 5.13 Å². The molecule has 90 valence electrons. The summed E-state index contributed by atoms with van der Waals surface area (Å²) in [5.41, 5.74) is 0.916. The first-order valence-corrected chi connectivity index (χ1v) is 6.71. The largest absolute Gasteiger partial charge is 0.392 e. The van der Waals surface area contributed by atoms with E-state index in [1.165, 1.54) is 11.8 Å². The molecule has 0 radical (unpaired) electrons. The van der Waals surface area contributed by atoms with E-state index < -0.39 is 0 Å². The zero-order chi connectivity index (χ0) is 12.3. The molecule has 1 N–H and O–H groups in total. The van der Waals surface area contributed by atoms with Crippen LogP contribution in [0.5, 0.6) is 0 Å². The standard InChI is InChI=1S/C11H13N3OS2/c1-14(2)10-12-13-11(17-10)16-9-6-4-3-5-8(9)7-15/h3-6,15H,7H2,1-2H3. The summed E-state index contributed by atoms with van der Waals surface area (Å²) in [6.45, 7) is 0.0442. The molecule has 0 unspecified atom stereocenters. The maximum absolute atomic E-state index is 9.24.